The van der Waals surface area contributed by atoms with Crippen LogP contribution in [0.25, 0.3) is 0 Å². The van der Waals surface area contributed by atoms with E-state index in [0.29, 0.717) is 0 Å². The molecule has 1 rings (SSSR count). The average Bonchev–Trinajstić information content (AvgIpc) is 2.38. The van der Waals surface area contributed by atoms with E-state index in [0.717, 1.165) is 0 Å². The number of carboxylic acids is 2. The number of hydrogen-bond acceptors (Lipinski definition) is 4. The predicted octanol–water partition coefficient (Wildman–Crippen LogP) is 2.20. The van der Waals surface area contributed by atoms with Gasteiger partial charge in [-0.15, -0.1) is 0 Å². The lowest BCUT2D eigenvalue weighted by atomic mass is 10.4. The molecule has 0 amide bonds. The second-order valence-corrected chi connectivity index (χ2v) is 4.82. The van der Waals surface area contributed by atoms with Gasteiger partial charge in [-0.2, -0.15) is 34.8 Å². The first-order valence-corrected chi connectivity index (χ1v) is 6.56. The summed E-state index contributed by atoms with van der Waals surface area (Å²) >= 11 is 0. The number of rotatable bonds is 1. The van der Waals surface area contributed by atoms with Crippen LogP contribution >= 0.6 is 0 Å². The average molecular weight is 386 g/mol. The summed E-state index contributed by atoms with van der Waals surface area (Å²) in [7, 11) is -4.00. The first-order chi connectivity index (χ1) is 10.5. The van der Waals surface area contributed by atoms with Gasteiger partial charge in [0.15, 0.2) is 0 Å². The second kappa shape index (κ2) is 9.07. The van der Waals surface area contributed by atoms with Crippen molar-refractivity contribution < 1.29 is 59.1 Å². The van der Waals surface area contributed by atoms with Gasteiger partial charge in [0.1, 0.15) is 0 Å². The summed E-state index contributed by atoms with van der Waals surface area (Å²) in [6.45, 7) is 0. The molecule has 0 heterocycles. The van der Waals surface area contributed by atoms with Crippen LogP contribution < -0.4 is 0 Å². The molecule has 0 unspecified atom stereocenters. The molecule has 0 saturated carbocycles. The second-order valence-electron chi connectivity index (χ2n) is 3.39. The molecule has 0 bridgehead atoms. The molecule has 0 aromatic heterocycles. The van der Waals surface area contributed by atoms with Gasteiger partial charge in [0.2, 0.25) is 0 Å². The topological polar surface area (TPSA) is 129 Å². The maximum Gasteiger partial charge on any atom is 0.490 e. The Morgan fingerprint density at radius 2 is 1.04 bits per heavy atom. The van der Waals surface area contributed by atoms with E-state index in [4.69, 9.17) is 24.4 Å². The van der Waals surface area contributed by atoms with Crippen LogP contribution in [-0.2, 0) is 19.7 Å². The van der Waals surface area contributed by atoms with Crippen LogP contribution in [0.5, 0.6) is 0 Å². The zero-order valence-electron chi connectivity index (χ0n) is 11.0. The molecule has 0 aliphatic rings. The third kappa shape index (κ3) is 12.2. The Kier molecular flexibility index (Phi) is 9.04. The SMILES string of the molecule is O=C(O)C(F)(F)F.O=C(O)C(F)(F)F.O=S(=O)(O)c1ccccc1. The van der Waals surface area contributed by atoms with E-state index in [2.05, 4.69) is 0 Å². The van der Waals surface area contributed by atoms with Crippen molar-refractivity contribution in [2.75, 3.05) is 0 Å². The standard InChI is InChI=1S/C6H6O3S.2C2HF3O2/c7-10(8,9)6-4-2-1-3-5-6;2*3-2(4,5)1(6)7/h1-5H,(H,7,8,9);2*(H,6,7). The van der Waals surface area contributed by atoms with Gasteiger partial charge in [-0.3, -0.25) is 4.55 Å². The van der Waals surface area contributed by atoms with Crippen molar-refractivity contribution in [1.82, 2.24) is 0 Å². The van der Waals surface area contributed by atoms with Crippen molar-refractivity contribution in [1.29, 1.82) is 0 Å². The van der Waals surface area contributed by atoms with Crippen LogP contribution in [0, 0.1) is 0 Å². The first kappa shape index (κ1) is 23.9. The molecule has 1 aromatic rings. The summed E-state index contributed by atoms with van der Waals surface area (Å²) in [5.74, 6) is -5.51. The molecular weight excluding hydrogens is 378 g/mol. The van der Waals surface area contributed by atoms with Gasteiger partial charge in [-0.25, -0.2) is 9.59 Å². The summed E-state index contributed by atoms with van der Waals surface area (Å²) < 4.78 is 92.7. The summed E-state index contributed by atoms with van der Waals surface area (Å²) in [5, 5.41) is 14.2. The molecule has 0 atom stereocenters. The van der Waals surface area contributed by atoms with Crippen LogP contribution in [0.1, 0.15) is 0 Å². The maximum atomic E-state index is 10.6. The van der Waals surface area contributed by atoms with E-state index in [9.17, 15) is 34.8 Å². The Labute approximate surface area is 129 Å². The van der Waals surface area contributed by atoms with Gasteiger partial charge in [-0.1, -0.05) is 18.2 Å². The summed E-state index contributed by atoms with van der Waals surface area (Å²) in [5.41, 5.74) is 0. The van der Waals surface area contributed by atoms with Crippen LogP contribution in [0.15, 0.2) is 35.2 Å². The van der Waals surface area contributed by atoms with Crippen molar-refractivity contribution >= 4 is 22.1 Å². The molecule has 3 N–H and O–H groups in total. The van der Waals surface area contributed by atoms with E-state index in [1.807, 2.05) is 0 Å². The fourth-order valence-electron chi connectivity index (χ4n) is 0.592. The van der Waals surface area contributed by atoms with Gasteiger partial charge < -0.3 is 10.2 Å². The summed E-state index contributed by atoms with van der Waals surface area (Å²) in [6.07, 6.45) is -10.2. The molecule has 0 aliphatic heterocycles. The van der Waals surface area contributed by atoms with Crippen molar-refractivity contribution in [3.05, 3.63) is 30.3 Å². The van der Waals surface area contributed by atoms with Gasteiger partial charge in [0.05, 0.1) is 4.90 Å². The van der Waals surface area contributed by atoms with Gasteiger partial charge in [0, 0.05) is 0 Å². The minimum atomic E-state index is -5.08. The molecule has 14 heteroatoms. The number of hydrogen-bond donors (Lipinski definition) is 3. The first-order valence-electron chi connectivity index (χ1n) is 5.12. The molecule has 24 heavy (non-hydrogen) atoms. The number of alkyl halides is 6. The Morgan fingerprint density at radius 3 is 1.17 bits per heavy atom. The fraction of sp³-hybridized carbons (Fsp3) is 0.200. The van der Waals surface area contributed by atoms with Crippen molar-refractivity contribution in [2.24, 2.45) is 0 Å². The van der Waals surface area contributed by atoms with E-state index in [-0.39, 0.29) is 4.90 Å². The lowest BCUT2D eigenvalue weighted by molar-refractivity contribution is -0.193. The number of aliphatic carboxylic acids is 2. The maximum absolute atomic E-state index is 10.6. The molecule has 0 aliphatic carbocycles. The van der Waals surface area contributed by atoms with E-state index < -0.39 is 34.4 Å². The van der Waals surface area contributed by atoms with Crippen molar-refractivity contribution in [2.45, 2.75) is 17.2 Å². The van der Waals surface area contributed by atoms with Crippen molar-refractivity contribution in [3.63, 3.8) is 0 Å². The van der Waals surface area contributed by atoms with Crippen LogP contribution in [0.3, 0.4) is 0 Å². The number of carbonyl (C=O) groups is 2. The third-order valence-corrected chi connectivity index (χ3v) is 2.39. The minimum absolute atomic E-state index is 0.0741. The molecule has 0 saturated heterocycles. The molecule has 1 aromatic carbocycles. The number of carboxylic acid groups (broad SMARTS) is 2. The highest BCUT2D eigenvalue weighted by Crippen LogP contribution is 2.13. The fourth-order valence-corrected chi connectivity index (χ4v) is 1.09. The molecule has 0 spiro atoms. The zero-order chi connectivity index (χ0) is 19.8. The Bertz CT molecular complexity index is 612. The molecular formula is C10H8F6O7S. The normalized spacial score (nSPS) is 11.3. The highest BCUT2D eigenvalue weighted by atomic mass is 32.2. The van der Waals surface area contributed by atoms with Gasteiger partial charge >= 0.3 is 24.3 Å². The highest BCUT2D eigenvalue weighted by molar-refractivity contribution is 7.85. The lowest BCUT2D eigenvalue weighted by Crippen LogP contribution is -2.21. The number of benzene rings is 1. The summed E-state index contributed by atoms with van der Waals surface area (Å²) in [4.78, 5) is 17.7. The smallest absolute Gasteiger partial charge is 0.475 e. The molecule has 7 nitrogen and oxygen atoms in total. The Hall–Kier alpha value is -2.35. The molecule has 138 valence electrons. The van der Waals surface area contributed by atoms with E-state index in [1.165, 1.54) is 12.1 Å². The number of halogens is 6. The van der Waals surface area contributed by atoms with Gasteiger partial charge in [-0.05, 0) is 12.1 Å². The Balaban J connectivity index is 0. The van der Waals surface area contributed by atoms with E-state index in [1.54, 1.807) is 18.2 Å². The van der Waals surface area contributed by atoms with Crippen LogP contribution in [0.4, 0.5) is 26.3 Å². The Morgan fingerprint density at radius 1 is 0.792 bits per heavy atom. The summed E-state index contributed by atoms with van der Waals surface area (Å²) in [6, 6.07) is 7.42. The van der Waals surface area contributed by atoms with E-state index >= 15 is 0 Å². The third-order valence-electron chi connectivity index (χ3n) is 1.53. The molecule has 0 fully saturated rings. The largest absolute Gasteiger partial charge is 0.490 e. The minimum Gasteiger partial charge on any atom is -0.475 e. The van der Waals surface area contributed by atoms with Gasteiger partial charge in [0.25, 0.3) is 10.1 Å². The predicted molar refractivity (Wildman–Crippen MR) is 63.6 cm³/mol. The van der Waals surface area contributed by atoms with Crippen molar-refractivity contribution in [3.8, 4) is 0 Å². The van der Waals surface area contributed by atoms with Crippen LogP contribution in [0.2, 0.25) is 0 Å². The zero-order valence-corrected chi connectivity index (χ0v) is 11.9. The molecule has 0 radical (unpaired) electrons. The quantitative estimate of drug-likeness (QED) is 0.498. The monoisotopic (exact) mass is 386 g/mol. The lowest BCUT2D eigenvalue weighted by Gasteiger charge is -1.93. The van der Waals surface area contributed by atoms with Crippen LogP contribution in [-0.4, -0.2) is 47.5 Å². The highest BCUT2D eigenvalue weighted by Gasteiger charge is 2.38.